The number of hydrogen-bond acceptors (Lipinski definition) is 4. The fourth-order valence-electron chi connectivity index (χ4n) is 2.89. The van der Waals surface area contributed by atoms with Crippen LogP contribution in [-0.2, 0) is 28.4 Å². The van der Waals surface area contributed by atoms with Gasteiger partial charge in [0.15, 0.2) is 0 Å². The van der Waals surface area contributed by atoms with Gasteiger partial charge in [-0.15, -0.1) is 0 Å². The standard InChI is InChI=1S/C20H28N4O4S/c1-5-24(6-2)29(27,28)17-12-18(23(4)14-17)20(26)22-15(3)19(25)21-13-16-10-8-7-9-11-16/h7-12,14-15H,5-6,13H2,1-4H3,(H,21,25)(H,22,26). The molecule has 8 nitrogen and oxygen atoms in total. The summed E-state index contributed by atoms with van der Waals surface area (Å²) in [5.41, 5.74) is 1.12. The van der Waals surface area contributed by atoms with Gasteiger partial charge in [0.25, 0.3) is 5.91 Å². The van der Waals surface area contributed by atoms with Crippen molar-refractivity contribution in [2.75, 3.05) is 13.1 Å². The molecule has 9 heteroatoms. The molecule has 1 heterocycles. The number of aryl methyl sites for hydroxylation is 1. The molecular formula is C20H28N4O4S. The Kier molecular flexibility index (Phi) is 7.58. The topological polar surface area (TPSA) is 101 Å². The van der Waals surface area contributed by atoms with Crippen molar-refractivity contribution in [3.8, 4) is 0 Å². The molecule has 29 heavy (non-hydrogen) atoms. The minimum Gasteiger partial charge on any atom is -0.350 e. The maximum Gasteiger partial charge on any atom is 0.268 e. The molecule has 2 amide bonds. The first-order valence-electron chi connectivity index (χ1n) is 9.49. The van der Waals surface area contributed by atoms with E-state index in [1.54, 1.807) is 27.8 Å². The number of sulfonamides is 1. The summed E-state index contributed by atoms with van der Waals surface area (Å²) in [6.45, 7) is 6.13. The minimum atomic E-state index is -3.67. The molecule has 158 valence electrons. The van der Waals surface area contributed by atoms with Crippen LogP contribution in [0.5, 0.6) is 0 Å². The summed E-state index contributed by atoms with van der Waals surface area (Å²) >= 11 is 0. The lowest BCUT2D eigenvalue weighted by molar-refractivity contribution is -0.122. The highest BCUT2D eigenvalue weighted by Gasteiger charge is 2.26. The zero-order chi connectivity index (χ0) is 21.6. The second-order valence-electron chi connectivity index (χ2n) is 6.66. The SMILES string of the molecule is CCN(CC)S(=O)(=O)c1cc(C(=O)NC(C)C(=O)NCc2ccccc2)n(C)c1. The molecule has 0 saturated carbocycles. The van der Waals surface area contributed by atoms with Crippen molar-refractivity contribution >= 4 is 21.8 Å². The molecule has 2 aromatic rings. The molecule has 1 atom stereocenters. The summed E-state index contributed by atoms with van der Waals surface area (Å²) < 4.78 is 28.1. The number of aromatic nitrogens is 1. The van der Waals surface area contributed by atoms with Gasteiger partial charge in [-0.2, -0.15) is 4.31 Å². The van der Waals surface area contributed by atoms with Crippen LogP contribution in [0.15, 0.2) is 47.5 Å². The van der Waals surface area contributed by atoms with E-state index in [0.717, 1.165) is 5.56 Å². The van der Waals surface area contributed by atoms with Gasteiger partial charge in [-0.3, -0.25) is 9.59 Å². The third-order valence-electron chi connectivity index (χ3n) is 4.61. The van der Waals surface area contributed by atoms with E-state index in [1.807, 2.05) is 30.3 Å². The van der Waals surface area contributed by atoms with Crippen molar-refractivity contribution in [3.05, 3.63) is 53.9 Å². The van der Waals surface area contributed by atoms with Crippen LogP contribution in [0.25, 0.3) is 0 Å². The summed E-state index contributed by atoms with van der Waals surface area (Å²) in [4.78, 5) is 24.9. The maximum absolute atomic E-state index is 12.6. The average Bonchev–Trinajstić information content (AvgIpc) is 3.10. The number of rotatable bonds is 9. The molecular weight excluding hydrogens is 392 g/mol. The third kappa shape index (κ3) is 5.45. The van der Waals surface area contributed by atoms with Gasteiger partial charge in [-0.25, -0.2) is 8.42 Å². The van der Waals surface area contributed by atoms with E-state index in [2.05, 4.69) is 10.6 Å². The van der Waals surface area contributed by atoms with Gasteiger partial charge >= 0.3 is 0 Å². The van der Waals surface area contributed by atoms with Gasteiger partial charge in [-0.1, -0.05) is 44.2 Å². The lowest BCUT2D eigenvalue weighted by atomic mass is 10.2. The largest absolute Gasteiger partial charge is 0.350 e. The van der Waals surface area contributed by atoms with E-state index in [-0.39, 0.29) is 16.5 Å². The smallest absolute Gasteiger partial charge is 0.268 e. The molecule has 1 aromatic carbocycles. The molecule has 0 aliphatic heterocycles. The van der Waals surface area contributed by atoms with Crippen molar-refractivity contribution in [3.63, 3.8) is 0 Å². The van der Waals surface area contributed by atoms with E-state index >= 15 is 0 Å². The van der Waals surface area contributed by atoms with Crippen LogP contribution in [0.1, 0.15) is 36.8 Å². The molecule has 0 saturated heterocycles. The number of carbonyl (C=O) groups excluding carboxylic acids is 2. The predicted octanol–water partition coefficient (Wildman–Crippen LogP) is 1.49. The summed E-state index contributed by atoms with van der Waals surface area (Å²) in [7, 11) is -2.07. The molecule has 0 aliphatic carbocycles. The first kappa shape index (κ1) is 22.6. The Morgan fingerprint density at radius 1 is 1.14 bits per heavy atom. The molecule has 0 bridgehead atoms. The number of hydrogen-bond donors (Lipinski definition) is 2. The summed E-state index contributed by atoms with van der Waals surface area (Å²) in [5.74, 6) is -0.844. The van der Waals surface area contributed by atoms with Crippen LogP contribution in [0, 0.1) is 0 Å². The monoisotopic (exact) mass is 420 g/mol. The Labute approximate surface area is 172 Å². The van der Waals surface area contributed by atoms with E-state index in [4.69, 9.17) is 0 Å². The average molecular weight is 421 g/mol. The number of nitrogens with zero attached hydrogens (tertiary/aromatic N) is 2. The molecule has 0 spiro atoms. The highest BCUT2D eigenvalue weighted by Crippen LogP contribution is 2.18. The molecule has 0 aliphatic rings. The second-order valence-corrected chi connectivity index (χ2v) is 8.60. The van der Waals surface area contributed by atoms with Crippen molar-refractivity contribution in [1.29, 1.82) is 0 Å². The van der Waals surface area contributed by atoms with E-state index in [0.29, 0.717) is 19.6 Å². The van der Waals surface area contributed by atoms with Crippen molar-refractivity contribution in [1.82, 2.24) is 19.5 Å². The van der Waals surface area contributed by atoms with Crippen LogP contribution >= 0.6 is 0 Å². The molecule has 0 fully saturated rings. The first-order valence-corrected chi connectivity index (χ1v) is 10.9. The predicted molar refractivity (Wildman–Crippen MR) is 111 cm³/mol. The zero-order valence-corrected chi connectivity index (χ0v) is 18.0. The lowest BCUT2D eigenvalue weighted by Crippen LogP contribution is -2.44. The van der Waals surface area contributed by atoms with Crippen LogP contribution < -0.4 is 10.6 Å². The van der Waals surface area contributed by atoms with Crippen molar-refractivity contribution in [2.45, 2.75) is 38.3 Å². The molecule has 1 unspecified atom stereocenters. The number of benzene rings is 1. The molecule has 2 rings (SSSR count). The lowest BCUT2D eigenvalue weighted by Gasteiger charge is -2.17. The number of nitrogens with one attached hydrogen (secondary N) is 2. The van der Waals surface area contributed by atoms with Gasteiger partial charge in [0.05, 0.1) is 0 Å². The third-order valence-corrected chi connectivity index (χ3v) is 6.62. The first-order chi connectivity index (χ1) is 13.7. The Morgan fingerprint density at radius 3 is 2.34 bits per heavy atom. The van der Waals surface area contributed by atoms with Gasteiger partial charge in [0.1, 0.15) is 16.6 Å². The highest BCUT2D eigenvalue weighted by atomic mass is 32.2. The number of carbonyl (C=O) groups is 2. The Morgan fingerprint density at radius 2 is 1.76 bits per heavy atom. The van der Waals surface area contributed by atoms with Gasteiger partial charge in [-0.05, 0) is 18.6 Å². The summed E-state index contributed by atoms with van der Waals surface area (Å²) in [5, 5.41) is 5.38. The summed E-state index contributed by atoms with van der Waals surface area (Å²) in [6.07, 6.45) is 1.41. The van der Waals surface area contributed by atoms with Gasteiger partial charge in [0, 0.05) is 32.9 Å². The Hall–Kier alpha value is -2.65. The van der Waals surface area contributed by atoms with Crippen LogP contribution in [0.2, 0.25) is 0 Å². The van der Waals surface area contributed by atoms with Crippen LogP contribution in [-0.4, -0.2) is 48.2 Å². The molecule has 2 N–H and O–H groups in total. The normalized spacial score (nSPS) is 12.6. The van der Waals surface area contributed by atoms with E-state index in [1.165, 1.54) is 21.1 Å². The Balaban J connectivity index is 2.05. The van der Waals surface area contributed by atoms with Crippen molar-refractivity contribution in [2.24, 2.45) is 7.05 Å². The van der Waals surface area contributed by atoms with Gasteiger partial charge in [0.2, 0.25) is 15.9 Å². The fraction of sp³-hybridized carbons (Fsp3) is 0.400. The van der Waals surface area contributed by atoms with Crippen LogP contribution in [0.3, 0.4) is 0 Å². The van der Waals surface area contributed by atoms with Gasteiger partial charge < -0.3 is 15.2 Å². The van der Waals surface area contributed by atoms with Crippen LogP contribution in [0.4, 0.5) is 0 Å². The quantitative estimate of drug-likeness (QED) is 0.642. The van der Waals surface area contributed by atoms with E-state index in [9.17, 15) is 18.0 Å². The maximum atomic E-state index is 12.6. The summed E-state index contributed by atoms with van der Waals surface area (Å²) in [6, 6.07) is 10.00. The van der Waals surface area contributed by atoms with Crippen molar-refractivity contribution < 1.29 is 18.0 Å². The number of amides is 2. The molecule has 0 radical (unpaired) electrons. The minimum absolute atomic E-state index is 0.0510. The molecule has 1 aromatic heterocycles. The highest BCUT2D eigenvalue weighted by molar-refractivity contribution is 7.89. The van der Waals surface area contributed by atoms with E-state index < -0.39 is 22.0 Å². The zero-order valence-electron chi connectivity index (χ0n) is 17.2. The second kappa shape index (κ2) is 9.71. The fourth-order valence-corrected chi connectivity index (χ4v) is 4.42. The Bertz CT molecular complexity index is 950.